The van der Waals surface area contributed by atoms with Crippen LogP contribution in [0.15, 0.2) is 24.3 Å². The molecule has 0 aromatic heterocycles. The lowest BCUT2D eigenvalue weighted by molar-refractivity contribution is -0.204. The van der Waals surface area contributed by atoms with Crippen molar-refractivity contribution in [3.05, 3.63) is 29.8 Å². The number of halogens is 6. The molecule has 0 spiro atoms. The highest BCUT2D eigenvalue weighted by atomic mass is 32.3. The first-order chi connectivity index (χ1) is 11.9. The zero-order chi connectivity index (χ0) is 20.0. The largest absolute Gasteiger partial charge is 0.488 e. The summed E-state index contributed by atoms with van der Waals surface area (Å²) in [6.45, 7) is -2.34. The lowest BCUT2D eigenvalue weighted by atomic mass is 9.84. The predicted octanol–water partition coefficient (Wildman–Crippen LogP) is 5.57. The minimum Gasteiger partial charge on any atom is -0.358 e. The van der Waals surface area contributed by atoms with Gasteiger partial charge in [-0.05, 0) is 36.5 Å². The molecule has 0 heterocycles. The van der Waals surface area contributed by atoms with Crippen LogP contribution in [0.4, 0.5) is 25.8 Å². The van der Waals surface area contributed by atoms with Gasteiger partial charge >= 0.3 is 22.3 Å². The number of hydrogen-bond acceptors (Lipinski definition) is 3. The maximum atomic E-state index is 12.3. The fourth-order valence-corrected chi connectivity index (χ4v) is 2.80. The van der Waals surface area contributed by atoms with Gasteiger partial charge in [-0.15, -0.1) is 0 Å². The maximum absolute atomic E-state index is 12.3. The molecule has 1 aromatic rings. The molecule has 0 bridgehead atoms. The number of alkyl halides is 5. The smallest absolute Gasteiger partial charge is 0.358 e. The summed E-state index contributed by atoms with van der Waals surface area (Å²) in [5.74, 6) is -8.22. The van der Waals surface area contributed by atoms with Gasteiger partial charge in [-0.1, -0.05) is 35.3 Å². The van der Waals surface area contributed by atoms with Gasteiger partial charge in [0.2, 0.25) is 0 Å². The second-order valence-electron chi connectivity index (χ2n) is 6.11. The van der Waals surface area contributed by atoms with E-state index in [1.165, 1.54) is 49.8 Å². The molecule has 1 aromatic carbocycles. The summed E-state index contributed by atoms with van der Waals surface area (Å²) in [6, 6.07) is 6.63. The summed E-state index contributed by atoms with van der Waals surface area (Å²) in [4.78, 5) is 0. The SMILES string of the molecule is CC(F)(F)C(F)(F)CF.O=S(=O)(F)Oc1ccc(C2CCCCC2)cc1. The van der Waals surface area contributed by atoms with E-state index in [0.717, 1.165) is 0 Å². The van der Waals surface area contributed by atoms with E-state index in [9.17, 15) is 34.3 Å². The summed E-state index contributed by atoms with van der Waals surface area (Å²) in [5.41, 5.74) is 1.17. The van der Waals surface area contributed by atoms with Crippen LogP contribution in [-0.4, -0.2) is 26.9 Å². The molecule has 0 aliphatic heterocycles. The molecule has 26 heavy (non-hydrogen) atoms. The molecule has 0 radical (unpaired) electrons. The fourth-order valence-electron chi connectivity index (χ4n) is 2.46. The van der Waals surface area contributed by atoms with Crippen molar-refractivity contribution in [1.82, 2.24) is 0 Å². The Bertz CT molecular complexity index is 650. The van der Waals surface area contributed by atoms with Crippen LogP contribution in [0.25, 0.3) is 0 Å². The topological polar surface area (TPSA) is 43.4 Å². The van der Waals surface area contributed by atoms with E-state index in [4.69, 9.17) is 0 Å². The van der Waals surface area contributed by atoms with Crippen LogP contribution in [0.2, 0.25) is 0 Å². The molecule has 3 nitrogen and oxygen atoms in total. The normalized spacial score (nSPS) is 16.6. The van der Waals surface area contributed by atoms with Crippen molar-refractivity contribution in [2.45, 2.75) is 56.8 Å². The Kier molecular flexibility index (Phi) is 7.79. The van der Waals surface area contributed by atoms with Crippen molar-refractivity contribution in [2.75, 3.05) is 6.67 Å². The number of benzene rings is 1. The third-order valence-electron chi connectivity index (χ3n) is 3.96. The molecule has 1 aliphatic carbocycles. The lowest BCUT2D eigenvalue weighted by Gasteiger charge is -2.21. The highest BCUT2D eigenvalue weighted by Gasteiger charge is 2.52. The molecule has 0 amide bonds. The summed E-state index contributed by atoms with van der Waals surface area (Å²) >= 11 is 0. The van der Waals surface area contributed by atoms with Gasteiger partial charge in [0.05, 0.1) is 0 Å². The molecule has 0 unspecified atom stereocenters. The molecule has 0 atom stereocenters. The van der Waals surface area contributed by atoms with E-state index >= 15 is 0 Å². The number of hydrogen-bond donors (Lipinski definition) is 0. The van der Waals surface area contributed by atoms with Crippen molar-refractivity contribution in [2.24, 2.45) is 0 Å². The molecular weight excluding hydrogens is 386 g/mol. The highest BCUT2D eigenvalue weighted by molar-refractivity contribution is 7.81. The van der Waals surface area contributed by atoms with Crippen LogP contribution < -0.4 is 4.18 Å². The average Bonchev–Trinajstić information content (AvgIpc) is 2.54. The molecule has 2 rings (SSSR count). The average molecular weight is 406 g/mol. The summed E-state index contributed by atoms with van der Waals surface area (Å²) < 4.78 is 94.2. The Hall–Kier alpha value is -1.45. The molecule has 1 fully saturated rings. The van der Waals surface area contributed by atoms with Crippen LogP contribution in [0.5, 0.6) is 5.75 Å². The Morgan fingerprint density at radius 1 is 1.04 bits per heavy atom. The van der Waals surface area contributed by atoms with Crippen LogP contribution in [0, 0.1) is 0 Å². The van der Waals surface area contributed by atoms with Gasteiger partial charge in [0.1, 0.15) is 5.75 Å². The molecular formula is C16H20F6O3S. The second kappa shape index (κ2) is 8.96. The zero-order valence-electron chi connectivity index (χ0n) is 14.0. The van der Waals surface area contributed by atoms with Gasteiger partial charge in [-0.2, -0.15) is 17.2 Å². The minimum atomic E-state index is -4.91. The standard InChI is InChI=1S/C12H15FO3S.C4H5F5/c13-17(14,15)16-12-8-6-11(7-9-12)10-4-2-1-3-5-10;1-3(6,7)4(8,9)2-5/h6-10H,1-5H2;2H2,1H3. The first kappa shape index (κ1) is 22.6. The second-order valence-corrected chi connectivity index (χ2v) is 7.06. The molecule has 0 saturated heterocycles. The van der Waals surface area contributed by atoms with Crippen molar-refractivity contribution in [3.63, 3.8) is 0 Å². The predicted molar refractivity (Wildman–Crippen MR) is 84.5 cm³/mol. The van der Waals surface area contributed by atoms with Gasteiger partial charge < -0.3 is 4.18 Å². The van der Waals surface area contributed by atoms with Gasteiger partial charge in [0.25, 0.3) is 0 Å². The summed E-state index contributed by atoms with van der Waals surface area (Å²) in [7, 11) is -4.91. The maximum Gasteiger partial charge on any atom is 0.488 e. The van der Waals surface area contributed by atoms with Crippen LogP contribution >= 0.6 is 0 Å². The Morgan fingerprint density at radius 3 is 1.88 bits per heavy atom. The van der Waals surface area contributed by atoms with Gasteiger partial charge in [0.15, 0.2) is 6.67 Å². The van der Waals surface area contributed by atoms with Crippen molar-refractivity contribution >= 4 is 10.5 Å². The van der Waals surface area contributed by atoms with E-state index in [-0.39, 0.29) is 12.7 Å². The molecule has 150 valence electrons. The van der Waals surface area contributed by atoms with E-state index in [1.54, 1.807) is 0 Å². The Morgan fingerprint density at radius 2 is 1.54 bits per heavy atom. The van der Waals surface area contributed by atoms with Crippen LogP contribution in [-0.2, 0) is 10.5 Å². The quantitative estimate of drug-likeness (QED) is 0.474. The summed E-state index contributed by atoms with van der Waals surface area (Å²) in [5, 5.41) is 0. The van der Waals surface area contributed by atoms with Crippen molar-refractivity contribution in [3.8, 4) is 5.75 Å². The number of rotatable bonds is 5. The first-order valence-corrected chi connectivity index (χ1v) is 9.22. The fraction of sp³-hybridized carbons (Fsp3) is 0.625. The third kappa shape index (κ3) is 7.43. The van der Waals surface area contributed by atoms with Crippen LogP contribution in [0.3, 0.4) is 0 Å². The monoisotopic (exact) mass is 406 g/mol. The van der Waals surface area contributed by atoms with Gasteiger partial charge in [-0.25, -0.2) is 13.2 Å². The van der Waals surface area contributed by atoms with Gasteiger partial charge in [-0.3, -0.25) is 0 Å². The zero-order valence-corrected chi connectivity index (χ0v) is 14.8. The van der Waals surface area contributed by atoms with E-state index in [0.29, 0.717) is 5.92 Å². The molecule has 1 aliphatic rings. The first-order valence-electron chi connectivity index (χ1n) is 7.91. The molecule has 10 heteroatoms. The van der Waals surface area contributed by atoms with Gasteiger partial charge in [0, 0.05) is 6.92 Å². The Balaban J connectivity index is 0.000000321. The Labute approximate surface area is 148 Å². The third-order valence-corrected chi connectivity index (χ3v) is 4.35. The van der Waals surface area contributed by atoms with Crippen molar-refractivity contribution in [1.29, 1.82) is 0 Å². The van der Waals surface area contributed by atoms with Crippen LogP contribution in [0.1, 0.15) is 50.5 Å². The molecule has 1 saturated carbocycles. The summed E-state index contributed by atoms with van der Waals surface area (Å²) in [6.07, 6.45) is 6.10. The van der Waals surface area contributed by atoms with E-state index in [1.807, 2.05) is 12.1 Å². The molecule has 0 N–H and O–H groups in total. The highest BCUT2D eigenvalue weighted by Crippen LogP contribution is 2.34. The van der Waals surface area contributed by atoms with E-state index in [2.05, 4.69) is 4.18 Å². The van der Waals surface area contributed by atoms with E-state index < -0.39 is 29.0 Å². The minimum absolute atomic E-state index is 0.0204. The van der Waals surface area contributed by atoms with Crippen molar-refractivity contribution < 1.29 is 38.4 Å². The lowest BCUT2D eigenvalue weighted by Crippen LogP contribution is -2.39.